The molecule has 1 N–H and O–H groups in total. The van der Waals surface area contributed by atoms with Crippen LogP contribution in [0.2, 0.25) is 0 Å². The zero-order chi connectivity index (χ0) is 15.5. The fourth-order valence-electron chi connectivity index (χ4n) is 2.48. The molecule has 1 atom stereocenters. The molecule has 2 aromatic rings. The van der Waals surface area contributed by atoms with Crippen molar-refractivity contribution in [1.82, 2.24) is 4.90 Å². The molecule has 4 nitrogen and oxygen atoms in total. The first-order chi connectivity index (χ1) is 10.6. The van der Waals surface area contributed by atoms with E-state index < -0.39 is 6.04 Å². The third-order valence-corrected chi connectivity index (χ3v) is 3.61. The number of halogens is 1. The van der Waals surface area contributed by atoms with Gasteiger partial charge < -0.3 is 5.32 Å². The number of nitrogens with one attached hydrogen (secondary N) is 1. The summed E-state index contributed by atoms with van der Waals surface area (Å²) >= 11 is 0. The van der Waals surface area contributed by atoms with Crippen molar-refractivity contribution in [1.29, 1.82) is 0 Å². The Hall–Kier alpha value is -2.69. The molecule has 0 bridgehead atoms. The van der Waals surface area contributed by atoms with Gasteiger partial charge in [-0.3, -0.25) is 14.5 Å². The van der Waals surface area contributed by atoms with Crippen LogP contribution in [-0.4, -0.2) is 22.8 Å². The molecule has 0 spiro atoms. The van der Waals surface area contributed by atoms with E-state index in [9.17, 15) is 14.0 Å². The summed E-state index contributed by atoms with van der Waals surface area (Å²) in [6, 6.07) is 14.5. The first-order valence-electron chi connectivity index (χ1n) is 7.04. The second kappa shape index (κ2) is 5.97. The van der Waals surface area contributed by atoms with Crippen LogP contribution < -0.4 is 5.32 Å². The monoisotopic (exact) mass is 298 g/mol. The highest BCUT2D eigenvalue weighted by Gasteiger charge is 2.38. The van der Waals surface area contributed by atoms with Gasteiger partial charge in [-0.1, -0.05) is 30.3 Å². The predicted molar refractivity (Wildman–Crippen MR) is 80.4 cm³/mol. The molecule has 0 aliphatic carbocycles. The Morgan fingerprint density at radius 1 is 1.05 bits per heavy atom. The topological polar surface area (TPSA) is 49.4 Å². The van der Waals surface area contributed by atoms with Crippen LogP contribution in [0.1, 0.15) is 12.0 Å². The maximum atomic E-state index is 12.9. The maximum absolute atomic E-state index is 12.9. The first-order valence-corrected chi connectivity index (χ1v) is 7.04. The zero-order valence-corrected chi connectivity index (χ0v) is 11.8. The molecule has 0 saturated carbocycles. The summed E-state index contributed by atoms with van der Waals surface area (Å²) < 4.78 is 12.9. The van der Waals surface area contributed by atoms with E-state index in [0.717, 1.165) is 5.56 Å². The molecule has 1 fully saturated rings. The summed E-state index contributed by atoms with van der Waals surface area (Å²) in [5.41, 5.74) is 1.53. The number of anilines is 1. The molecule has 0 radical (unpaired) electrons. The lowest BCUT2D eigenvalue weighted by molar-refractivity contribution is -0.139. The van der Waals surface area contributed by atoms with Crippen LogP contribution in [-0.2, 0) is 16.1 Å². The van der Waals surface area contributed by atoms with Gasteiger partial charge in [0, 0.05) is 5.69 Å². The molecule has 2 amide bonds. The summed E-state index contributed by atoms with van der Waals surface area (Å²) in [7, 11) is 0. The van der Waals surface area contributed by atoms with Gasteiger partial charge in [-0.05, 0) is 29.8 Å². The van der Waals surface area contributed by atoms with Crippen molar-refractivity contribution >= 4 is 17.5 Å². The van der Waals surface area contributed by atoms with Crippen molar-refractivity contribution in [2.75, 3.05) is 5.32 Å². The van der Waals surface area contributed by atoms with Gasteiger partial charge in [-0.2, -0.15) is 0 Å². The molecule has 1 aliphatic heterocycles. The fourth-order valence-corrected chi connectivity index (χ4v) is 2.48. The smallest absolute Gasteiger partial charge is 0.252 e. The molecule has 1 aliphatic rings. The maximum Gasteiger partial charge on any atom is 0.252 e. The van der Waals surface area contributed by atoms with Crippen LogP contribution in [0, 0.1) is 5.82 Å². The van der Waals surface area contributed by atoms with E-state index in [-0.39, 0.29) is 30.6 Å². The van der Waals surface area contributed by atoms with Gasteiger partial charge in [0.05, 0.1) is 13.0 Å². The number of carbonyl (C=O) groups is 2. The molecule has 1 heterocycles. The van der Waals surface area contributed by atoms with Gasteiger partial charge in [-0.15, -0.1) is 0 Å². The first kappa shape index (κ1) is 14.3. The zero-order valence-electron chi connectivity index (χ0n) is 11.8. The van der Waals surface area contributed by atoms with Crippen LogP contribution >= 0.6 is 0 Å². The van der Waals surface area contributed by atoms with Crippen LogP contribution in [0.3, 0.4) is 0 Å². The number of hydrogen-bond donors (Lipinski definition) is 1. The van der Waals surface area contributed by atoms with E-state index in [2.05, 4.69) is 5.32 Å². The second-order valence-electron chi connectivity index (χ2n) is 5.21. The number of carbonyl (C=O) groups excluding carboxylic acids is 2. The summed E-state index contributed by atoms with van der Waals surface area (Å²) in [4.78, 5) is 25.7. The lowest BCUT2D eigenvalue weighted by Crippen LogP contribution is -2.34. The quantitative estimate of drug-likeness (QED) is 0.883. The standard InChI is InChI=1S/C17H15FN2O2/c18-13-6-8-14(9-7-13)19-15-10-16(21)20(17(15)22)11-12-4-2-1-3-5-12/h1-9,15,19H,10-11H2/t15-/m0/s1. The molecule has 5 heteroatoms. The third kappa shape index (κ3) is 2.98. The van der Waals surface area contributed by atoms with Gasteiger partial charge in [0.15, 0.2) is 0 Å². The minimum Gasteiger partial charge on any atom is -0.373 e. The van der Waals surface area contributed by atoms with Crippen molar-refractivity contribution in [2.45, 2.75) is 19.0 Å². The molecule has 22 heavy (non-hydrogen) atoms. The van der Waals surface area contributed by atoms with Gasteiger partial charge in [-0.25, -0.2) is 4.39 Å². The van der Waals surface area contributed by atoms with Gasteiger partial charge in [0.1, 0.15) is 11.9 Å². The van der Waals surface area contributed by atoms with Crippen molar-refractivity contribution < 1.29 is 14.0 Å². The van der Waals surface area contributed by atoms with E-state index in [1.54, 1.807) is 12.1 Å². The summed E-state index contributed by atoms with van der Waals surface area (Å²) in [5, 5.41) is 2.99. The molecule has 0 unspecified atom stereocenters. The number of rotatable bonds is 4. The lowest BCUT2D eigenvalue weighted by Gasteiger charge is -2.16. The minimum absolute atomic E-state index is 0.114. The van der Waals surface area contributed by atoms with E-state index in [0.29, 0.717) is 5.69 Å². The van der Waals surface area contributed by atoms with E-state index in [1.807, 2.05) is 30.3 Å². The Balaban J connectivity index is 1.70. The number of hydrogen-bond acceptors (Lipinski definition) is 3. The number of benzene rings is 2. The third-order valence-electron chi connectivity index (χ3n) is 3.61. The fraction of sp³-hybridized carbons (Fsp3) is 0.176. The Bertz CT molecular complexity index is 686. The lowest BCUT2D eigenvalue weighted by atomic mass is 10.2. The Morgan fingerprint density at radius 2 is 1.73 bits per heavy atom. The number of imide groups is 1. The molecular formula is C17H15FN2O2. The molecule has 2 aromatic carbocycles. The summed E-state index contributed by atoms with van der Waals surface area (Å²) in [5.74, 6) is -0.795. The normalized spacial score (nSPS) is 17.9. The number of likely N-dealkylation sites (tertiary alicyclic amines) is 1. The largest absolute Gasteiger partial charge is 0.373 e. The van der Waals surface area contributed by atoms with Crippen LogP contribution in [0.15, 0.2) is 54.6 Å². The molecular weight excluding hydrogens is 283 g/mol. The van der Waals surface area contributed by atoms with Crippen LogP contribution in [0.4, 0.5) is 10.1 Å². The van der Waals surface area contributed by atoms with E-state index in [1.165, 1.54) is 17.0 Å². The van der Waals surface area contributed by atoms with Crippen molar-refractivity contribution in [3.8, 4) is 0 Å². The highest BCUT2D eigenvalue weighted by atomic mass is 19.1. The summed E-state index contributed by atoms with van der Waals surface area (Å²) in [6.07, 6.45) is 0.114. The molecule has 112 valence electrons. The van der Waals surface area contributed by atoms with Crippen molar-refractivity contribution in [3.05, 3.63) is 66.0 Å². The summed E-state index contributed by atoms with van der Waals surface area (Å²) in [6.45, 7) is 0.278. The highest BCUT2D eigenvalue weighted by Crippen LogP contribution is 2.20. The predicted octanol–water partition coefficient (Wildman–Crippen LogP) is 2.57. The van der Waals surface area contributed by atoms with Gasteiger partial charge in [0.2, 0.25) is 5.91 Å². The van der Waals surface area contributed by atoms with Crippen LogP contribution in [0.25, 0.3) is 0 Å². The highest BCUT2D eigenvalue weighted by molar-refractivity contribution is 6.06. The van der Waals surface area contributed by atoms with Crippen molar-refractivity contribution in [2.24, 2.45) is 0 Å². The Morgan fingerprint density at radius 3 is 2.41 bits per heavy atom. The van der Waals surface area contributed by atoms with Crippen molar-refractivity contribution in [3.63, 3.8) is 0 Å². The van der Waals surface area contributed by atoms with Gasteiger partial charge >= 0.3 is 0 Å². The number of amides is 2. The average molecular weight is 298 g/mol. The average Bonchev–Trinajstić information content (AvgIpc) is 2.78. The Labute approximate surface area is 127 Å². The van der Waals surface area contributed by atoms with Crippen LogP contribution in [0.5, 0.6) is 0 Å². The SMILES string of the molecule is O=C1C[C@H](Nc2ccc(F)cc2)C(=O)N1Cc1ccccc1. The Kier molecular flexibility index (Phi) is 3.87. The molecule has 3 rings (SSSR count). The number of nitrogens with zero attached hydrogens (tertiary/aromatic N) is 1. The second-order valence-corrected chi connectivity index (χ2v) is 5.21. The molecule has 0 aromatic heterocycles. The van der Waals surface area contributed by atoms with E-state index >= 15 is 0 Å². The van der Waals surface area contributed by atoms with E-state index in [4.69, 9.17) is 0 Å². The minimum atomic E-state index is -0.596. The molecule has 1 saturated heterocycles. The van der Waals surface area contributed by atoms with Gasteiger partial charge in [0.25, 0.3) is 5.91 Å².